The van der Waals surface area contributed by atoms with Gasteiger partial charge in [-0.25, -0.2) is 0 Å². The molecule has 4 heteroatoms. The second-order valence-electron chi connectivity index (χ2n) is 4.17. The van der Waals surface area contributed by atoms with E-state index in [1.165, 1.54) is 6.92 Å². The molecule has 1 aliphatic rings. The number of carbonyl (C=O) groups is 2. The van der Waals surface area contributed by atoms with E-state index >= 15 is 0 Å². The average molecular weight is 233 g/mol. The first-order chi connectivity index (χ1) is 8.11. The van der Waals surface area contributed by atoms with Crippen LogP contribution in [0.15, 0.2) is 18.2 Å². The molecular weight excluding hydrogens is 218 g/mol. The van der Waals surface area contributed by atoms with Gasteiger partial charge in [-0.2, -0.15) is 0 Å². The Balaban J connectivity index is 2.26. The molecule has 0 atom stereocenters. The highest BCUT2D eigenvalue weighted by Gasteiger charge is 2.25. The molecule has 0 aliphatic carbocycles. The van der Waals surface area contributed by atoms with Crippen LogP contribution in [0.2, 0.25) is 0 Å². The van der Waals surface area contributed by atoms with Crippen molar-refractivity contribution in [1.29, 1.82) is 0 Å². The number of Topliss-reactive ketones (excluding diaryl/α,β-unsaturated/α-hetero) is 1. The summed E-state index contributed by atoms with van der Waals surface area (Å²) < 4.78 is 5.14. The molecule has 0 saturated heterocycles. The van der Waals surface area contributed by atoms with Crippen molar-refractivity contribution in [2.45, 2.75) is 19.8 Å². The summed E-state index contributed by atoms with van der Waals surface area (Å²) in [6.45, 7) is 2.08. The van der Waals surface area contributed by atoms with Gasteiger partial charge in [-0.15, -0.1) is 0 Å². The van der Waals surface area contributed by atoms with E-state index in [1.54, 1.807) is 12.0 Å². The smallest absolute Gasteiger partial charge is 0.234 e. The van der Waals surface area contributed by atoms with Gasteiger partial charge in [0.15, 0.2) is 0 Å². The SMILES string of the molecule is COc1ccc2c(c1)N(C(=O)CC(C)=O)CC2. The van der Waals surface area contributed by atoms with Crippen molar-refractivity contribution in [2.75, 3.05) is 18.6 Å². The molecule has 0 saturated carbocycles. The summed E-state index contributed by atoms with van der Waals surface area (Å²) in [5.74, 6) is 0.488. The number of nitrogens with zero attached hydrogens (tertiary/aromatic N) is 1. The van der Waals surface area contributed by atoms with E-state index in [2.05, 4.69) is 0 Å². The Bertz CT molecular complexity index is 468. The van der Waals surface area contributed by atoms with Crippen LogP contribution in [-0.4, -0.2) is 25.3 Å². The molecule has 0 N–H and O–H groups in total. The lowest BCUT2D eigenvalue weighted by Gasteiger charge is -2.17. The number of anilines is 1. The monoisotopic (exact) mass is 233 g/mol. The van der Waals surface area contributed by atoms with Crippen LogP contribution >= 0.6 is 0 Å². The quantitative estimate of drug-likeness (QED) is 0.744. The van der Waals surface area contributed by atoms with Gasteiger partial charge < -0.3 is 9.64 Å². The average Bonchev–Trinajstić information content (AvgIpc) is 2.70. The van der Waals surface area contributed by atoms with Crippen molar-refractivity contribution in [3.63, 3.8) is 0 Å². The molecule has 4 nitrogen and oxygen atoms in total. The van der Waals surface area contributed by atoms with Gasteiger partial charge in [-0.05, 0) is 25.0 Å². The van der Waals surface area contributed by atoms with Gasteiger partial charge in [-0.1, -0.05) is 6.07 Å². The van der Waals surface area contributed by atoms with Crippen molar-refractivity contribution >= 4 is 17.4 Å². The van der Waals surface area contributed by atoms with Gasteiger partial charge in [0, 0.05) is 12.6 Å². The Kier molecular flexibility index (Phi) is 3.13. The Morgan fingerprint density at radius 1 is 1.41 bits per heavy atom. The highest BCUT2D eigenvalue weighted by molar-refractivity contribution is 6.06. The number of ketones is 1. The maximum atomic E-state index is 11.9. The summed E-state index contributed by atoms with van der Waals surface area (Å²) >= 11 is 0. The molecule has 1 aliphatic heterocycles. The molecule has 1 aromatic carbocycles. The van der Waals surface area contributed by atoms with Gasteiger partial charge in [0.05, 0.1) is 19.2 Å². The largest absolute Gasteiger partial charge is 0.497 e. The first-order valence-electron chi connectivity index (χ1n) is 5.58. The normalized spacial score (nSPS) is 13.4. The number of hydrogen-bond donors (Lipinski definition) is 0. The topological polar surface area (TPSA) is 46.6 Å². The number of benzene rings is 1. The Morgan fingerprint density at radius 3 is 2.82 bits per heavy atom. The van der Waals surface area contributed by atoms with Gasteiger partial charge in [-0.3, -0.25) is 9.59 Å². The Labute approximate surface area is 100 Å². The molecule has 0 radical (unpaired) electrons. The fourth-order valence-electron chi connectivity index (χ4n) is 2.05. The molecular formula is C13H15NO3. The zero-order valence-electron chi connectivity index (χ0n) is 10.0. The number of ether oxygens (including phenoxy) is 1. The van der Waals surface area contributed by atoms with Gasteiger partial charge in [0.25, 0.3) is 0 Å². The summed E-state index contributed by atoms with van der Waals surface area (Å²) in [4.78, 5) is 24.5. The zero-order chi connectivity index (χ0) is 12.4. The van der Waals surface area contributed by atoms with Crippen LogP contribution < -0.4 is 9.64 Å². The summed E-state index contributed by atoms with van der Waals surface area (Å²) in [6, 6.07) is 5.70. The highest BCUT2D eigenvalue weighted by Crippen LogP contribution is 2.32. The van der Waals surface area contributed by atoms with Crippen molar-refractivity contribution in [2.24, 2.45) is 0 Å². The Morgan fingerprint density at radius 2 is 2.18 bits per heavy atom. The van der Waals surface area contributed by atoms with Gasteiger partial charge in [0.2, 0.25) is 5.91 Å². The zero-order valence-corrected chi connectivity index (χ0v) is 10.0. The number of fused-ring (bicyclic) bond motifs is 1. The maximum absolute atomic E-state index is 11.9. The minimum absolute atomic E-state index is 0.0311. The van der Waals surface area contributed by atoms with Gasteiger partial charge in [0.1, 0.15) is 11.5 Å². The summed E-state index contributed by atoms with van der Waals surface area (Å²) in [7, 11) is 1.60. The fourth-order valence-corrected chi connectivity index (χ4v) is 2.05. The summed E-state index contributed by atoms with van der Waals surface area (Å²) in [5, 5.41) is 0. The minimum Gasteiger partial charge on any atom is -0.497 e. The van der Waals surface area contributed by atoms with Crippen LogP contribution in [0.1, 0.15) is 18.9 Å². The number of methoxy groups -OCH3 is 1. The van der Waals surface area contributed by atoms with Crippen LogP contribution in [0, 0.1) is 0 Å². The van der Waals surface area contributed by atoms with Crippen LogP contribution in [-0.2, 0) is 16.0 Å². The van der Waals surface area contributed by atoms with Crippen molar-refractivity contribution in [3.05, 3.63) is 23.8 Å². The minimum atomic E-state index is -0.135. The molecule has 1 amide bonds. The van der Waals surface area contributed by atoms with Gasteiger partial charge >= 0.3 is 0 Å². The van der Waals surface area contributed by atoms with E-state index in [4.69, 9.17) is 4.74 Å². The molecule has 17 heavy (non-hydrogen) atoms. The van der Waals surface area contributed by atoms with Crippen molar-refractivity contribution in [1.82, 2.24) is 0 Å². The maximum Gasteiger partial charge on any atom is 0.234 e. The highest BCUT2D eigenvalue weighted by atomic mass is 16.5. The van der Waals surface area contributed by atoms with E-state index in [-0.39, 0.29) is 18.1 Å². The van der Waals surface area contributed by atoms with E-state index < -0.39 is 0 Å². The molecule has 90 valence electrons. The fraction of sp³-hybridized carbons (Fsp3) is 0.385. The van der Waals surface area contributed by atoms with E-state index in [0.717, 1.165) is 23.4 Å². The number of carbonyl (C=O) groups excluding carboxylic acids is 2. The molecule has 2 rings (SSSR count). The van der Waals surface area contributed by atoms with Crippen LogP contribution in [0.5, 0.6) is 5.75 Å². The van der Waals surface area contributed by atoms with E-state index in [9.17, 15) is 9.59 Å². The lowest BCUT2D eigenvalue weighted by Crippen LogP contribution is -2.30. The standard InChI is InChI=1S/C13H15NO3/c1-9(15)7-13(16)14-6-5-10-3-4-11(17-2)8-12(10)14/h3-4,8H,5-7H2,1-2H3. The van der Waals surface area contributed by atoms with E-state index in [0.29, 0.717) is 6.54 Å². The second kappa shape index (κ2) is 4.57. The second-order valence-corrected chi connectivity index (χ2v) is 4.17. The van der Waals surface area contributed by atoms with Crippen molar-refractivity contribution < 1.29 is 14.3 Å². The Hall–Kier alpha value is -1.84. The van der Waals surface area contributed by atoms with Crippen LogP contribution in [0.4, 0.5) is 5.69 Å². The first kappa shape index (κ1) is 11.6. The third kappa shape index (κ3) is 2.30. The third-order valence-corrected chi connectivity index (χ3v) is 2.89. The third-order valence-electron chi connectivity index (χ3n) is 2.89. The predicted molar refractivity (Wildman–Crippen MR) is 64.3 cm³/mol. The lowest BCUT2D eigenvalue weighted by molar-refractivity contribution is -0.125. The van der Waals surface area contributed by atoms with Crippen LogP contribution in [0.3, 0.4) is 0 Å². The molecule has 0 aromatic heterocycles. The molecule has 0 fully saturated rings. The molecule has 0 unspecified atom stereocenters. The molecule has 0 bridgehead atoms. The first-order valence-corrected chi connectivity index (χ1v) is 5.58. The van der Waals surface area contributed by atoms with Crippen molar-refractivity contribution in [3.8, 4) is 5.75 Å². The molecule has 0 spiro atoms. The summed E-state index contributed by atoms with van der Waals surface area (Å²) in [5.41, 5.74) is 2.00. The number of amides is 1. The molecule has 1 aromatic rings. The number of rotatable bonds is 3. The number of hydrogen-bond acceptors (Lipinski definition) is 3. The predicted octanol–water partition coefficient (Wildman–Crippen LogP) is 1.56. The van der Waals surface area contributed by atoms with E-state index in [1.807, 2.05) is 18.2 Å². The summed E-state index contributed by atoms with van der Waals surface area (Å²) in [6.07, 6.45) is 0.805. The lowest BCUT2D eigenvalue weighted by atomic mass is 10.1. The molecule has 1 heterocycles. The van der Waals surface area contributed by atoms with Crippen LogP contribution in [0.25, 0.3) is 0 Å².